The average Bonchev–Trinajstić information content (AvgIpc) is 2.97. The predicted molar refractivity (Wildman–Crippen MR) is 63.0 cm³/mol. The summed E-state index contributed by atoms with van der Waals surface area (Å²) in [5, 5.41) is 15.0. The zero-order valence-corrected chi connectivity index (χ0v) is 9.53. The highest BCUT2D eigenvalue weighted by Gasteiger charge is 2.20. The fourth-order valence-electron chi connectivity index (χ4n) is 2.39. The van der Waals surface area contributed by atoms with Crippen molar-refractivity contribution in [3.05, 3.63) is 40.8 Å². The van der Waals surface area contributed by atoms with Gasteiger partial charge in [-0.25, -0.2) is 9.18 Å². The highest BCUT2D eigenvalue weighted by atomic mass is 19.1. The molecule has 1 aromatic carbocycles. The lowest BCUT2D eigenvalue weighted by atomic mass is 10.0. The normalized spacial score (nSPS) is 13.6. The topological polar surface area (TPSA) is 66.0 Å². The van der Waals surface area contributed by atoms with Crippen molar-refractivity contribution >= 4 is 5.97 Å². The molecule has 2 N–H and O–H groups in total. The molecule has 3 rings (SSSR count). The number of carbonyl (C=O) groups is 1. The maximum atomic E-state index is 14.3. The third kappa shape index (κ3) is 1.59. The summed E-state index contributed by atoms with van der Waals surface area (Å²) in [6.07, 6.45) is 2.62. The van der Waals surface area contributed by atoms with Crippen LogP contribution in [0.3, 0.4) is 0 Å². The van der Waals surface area contributed by atoms with Crippen molar-refractivity contribution in [2.45, 2.75) is 19.3 Å². The van der Waals surface area contributed by atoms with Crippen LogP contribution < -0.4 is 0 Å². The molecule has 18 heavy (non-hydrogen) atoms. The van der Waals surface area contributed by atoms with Crippen molar-refractivity contribution in [3.63, 3.8) is 0 Å². The van der Waals surface area contributed by atoms with E-state index in [1.54, 1.807) is 6.07 Å². The molecule has 0 saturated heterocycles. The van der Waals surface area contributed by atoms with Crippen molar-refractivity contribution in [2.24, 2.45) is 0 Å². The van der Waals surface area contributed by atoms with Gasteiger partial charge in [-0.1, -0.05) is 6.07 Å². The van der Waals surface area contributed by atoms with Gasteiger partial charge in [0.15, 0.2) is 0 Å². The number of aryl methyl sites for hydroxylation is 1. The molecule has 0 radical (unpaired) electrons. The Labute approximate surface area is 102 Å². The number of halogens is 1. The van der Waals surface area contributed by atoms with Gasteiger partial charge < -0.3 is 5.11 Å². The van der Waals surface area contributed by atoms with Crippen LogP contribution in [-0.2, 0) is 12.8 Å². The van der Waals surface area contributed by atoms with Crippen LogP contribution in [0.5, 0.6) is 0 Å². The van der Waals surface area contributed by atoms with Gasteiger partial charge in [0.25, 0.3) is 0 Å². The maximum Gasteiger partial charge on any atom is 0.353 e. The summed E-state index contributed by atoms with van der Waals surface area (Å²) in [6, 6.07) is 4.92. The van der Waals surface area contributed by atoms with Crippen molar-refractivity contribution in [1.29, 1.82) is 0 Å². The number of hydrogen-bond donors (Lipinski definition) is 2. The zero-order chi connectivity index (χ0) is 12.7. The van der Waals surface area contributed by atoms with E-state index in [9.17, 15) is 9.18 Å². The molecule has 2 aromatic rings. The lowest BCUT2D eigenvalue weighted by Gasteiger charge is -2.05. The Morgan fingerprint density at radius 2 is 2.22 bits per heavy atom. The minimum Gasteiger partial charge on any atom is -0.477 e. The number of H-pyrrole nitrogens is 1. The van der Waals surface area contributed by atoms with Crippen LogP contribution in [0.1, 0.15) is 28.0 Å². The van der Waals surface area contributed by atoms with Gasteiger partial charge in [-0.05, 0) is 42.5 Å². The average molecular weight is 246 g/mol. The quantitative estimate of drug-likeness (QED) is 0.855. The van der Waals surface area contributed by atoms with Gasteiger partial charge in [0.05, 0.1) is 5.69 Å². The molecule has 5 heteroatoms. The minimum absolute atomic E-state index is 0.0371. The van der Waals surface area contributed by atoms with E-state index in [0.29, 0.717) is 11.3 Å². The van der Waals surface area contributed by atoms with Crippen LogP contribution in [0.4, 0.5) is 4.39 Å². The SMILES string of the molecule is O=C(O)c1cc(-c2ccc3c(c2F)CCC3)n[nH]1. The molecule has 1 aliphatic carbocycles. The van der Waals surface area contributed by atoms with E-state index in [2.05, 4.69) is 10.2 Å². The minimum atomic E-state index is -1.10. The van der Waals surface area contributed by atoms with Gasteiger partial charge in [0.1, 0.15) is 11.5 Å². The fourth-order valence-corrected chi connectivity index (χ4v) is 2.39. The third-order valence-corrected chi connectivity index (χ3v) is 3.30. The molecular formula is C13H11FN2O2. The van der Waals surface area contributed by atoms with Crippen molar-refractivity contribution in [3.8, 4) is 11.3 Å². The molecule has 0 atom stereocenters. The summed E-state index contributed by atoms with van der Waals surface area (Å²) >= 11 is 0. The van der Waals surface area contributed by atoms with Gasteiger partial charge in [-0.3, -0.25) is 5.10 Å². The number of nitrogens with zero attached hydrogens (tertiary/aromatic N) is 1. The zero-order valence-electron chi connectivity index (χ0n) is 9.53. The Bertz CT molecular complexity index is 634. The number of carboxylic acid groups (broad SMARTS) is 1. The number of aromatic nitrogens is 2. The Morgan fingerprint density at radius 1 is 1.39 bits per heavy atom. The first-order chi connectivity index (χ1) is 8.66. The number of rotatable bonds is 2. The maximum absolute atomic E-state index is 14.3. The van der Waals surface area contributed by atoms with Crippen molar-refractivity contribution in [2.75, 3.05) is 0 Å². The molecule has 1 heterocycles. The van der Waals surface area contributed by atoms with Gasteiger partial charge in [-0.15, -0.1) is 0 Å². The number of aromatic amines is 1. The summed E-state index contributed by atoms with van der Waals surface area (Å²) in [5.41, 5.74) is 2.45. The summed E-state index contributed by atoms with van der Waals surface area (Å²) in [6.45, 7) is 0. The summed E-state index contributed by atoms with van der Waals surface area (Å²) in [4.78, 5) is 10.8. The van der Waals surface area contributed by atoms with E-state index < -0.39 is 5.97 Å². The van der Waals surface area contributed by atoms with E-state index >= 15 is 0 Å². The highest BCUT2D eigenvalue weighted by Crippen LogP contribution is 2.31. The molecule has 0 saturated carbocycles. The molecule has 92 valence electrons. The first kappa shape index (κ1) is 11.0. The number of benzene rings is 1. The molecule has 4 nitrogen and oxygen atoms in total. The number of carboxylic acids is 1. The van der Waals surface area contributed by atoms with E-state index in [0.717, 1.165) is 30.4 Å². The number of nitrogens with one attached hydrogen (secondary N) is 1. The van der Waals surface area contributed by atoms with Gasteiger partial charge in [-0.2, -0.15) is 5.10 Å². The van der Waals surface area contributed by atoms with E-state index in [1.807, 2.05) is 6.07 Å². The van der Waals surface area contributed by atoms with Crippen LogP contribution >= 0.6 is 0 Å². The van der Waals surface area contributed by atoms with E-state index in [4.69, 9.17) is 5.11 Å². The second-order valence-electron chi connectivity index (χ2n) is 4.39. The molecule has 1 aliphatic rings. The number of hydrogen-bond acceptors (Lipinski definition) is 2. The second kappa shape index (κ2) is 3.94. The molecule has 0 amide bonds. The van der Waals surface area contributed by atoms with Gasteiger partial charge in [0.2, 0.25) is 0 Å². The second-order valence-corrected chi connectivity index (χ2v) is 4.39. The summed E-state index contributed by atoms with van der Waals surface area (Å²) in [5.74, 6) is -1.37. The lowest BCUT2D eigenvalue weighted by Crippen LogP contribution is -1.95. The monoisotopic (exact) mass is 246 g/mol. The molecule has 0 bridgehead atoms. The third-order valence-electron chi connectivity index (χ3n) is 3.30. The largest absolute Gasteiger partial charge is 0.477 e. The molecule has 0 fully saturated rings. The molecule has 1 aromatic heterocycles. The molecular weight excluding hydrogens is 235 g/mol. The Morgan fingerprint density at radius 3 is 2.94 bits per heavy atom. The van der Waals surface area contributed by atoms with Gasteiger partial charge >= 0.3 is 5.97 Å². The first-order valence-corrected chi connectivity index (χ1v) is 5.76. The summed E-state index contributed by atoms with van der Waals surface area (Å²) in [7, 11) is 0. The highest BCUT2D eigenvalue weighted by molar-refractivity contribution is 5.86. The van der Waals surface area contributed by atoms with E-state index in [-0.39, 0.29) is 11.5 Å². The van der Waals surface area contributed by atoms with Crippen LogP contribution in [0, 0.1) is 5.82 Å². The first-order valence-electron chi connectivity index (χ1n) is 5.76. The Balaban J connectivity index is 2.09. The van der Waals surface area contributed by atoms with Gasteiger partial charge in [0, 0.05) is 5.56 Å². The molecule has 0 spiro atoms. The smallest absolute Gasteiger partial charge is 0.353 e. The number of aromatic carboxylic acids is 1. The Kier molecular flexibility index (Phi) is 2.40. The van der Waals surface area contributed by atoms with Crippen molar-refractivity contribution < 1.29 is 14.3 Å². The fraction of sp³-hybridized carbons (Fsp3) is 0.231. The van der Waals surface area contributed by atoms with Crippen LogP contribution in [0.25, 0.3) is 11.3 Å². The van der Waals surface area contributed by atoms with Crippen LogP contribution in [0.2, 0.25) is 0 Å². The molecule has 0 aliphatic heterocycles. The van der Waals surface area contributed by atoms with Crippen LogP contribution in [-0.4, -0.2) is 21.3 Å². The predicted octanol–water partition coefficient (Wildman–Crippen LogP) is 2.40. The number of fused-ring (bicyclic) bond motifs is 1. The van der Waals surface area contributed by atoms with Crippen molar-refractivity contribution in [1.82, 2.24) is 10.2 Å². The van der Waals surface area contributed by atoms with Crippen LogP contribution in [0.15, 0.2) is 18.2 Å². The lowest BCUT2D eigenvalue weighted by molar-refractivity contribution is 0.0690. The van der Waals surface area contributed by atoms with E-state index in [1.165, 1.54) is 6.07 Å². The standard InChI is InChI=1S/C13H11FN2O2/c14-12-8-3-1-2-7(8)4-5-9(12)10-6-11(13(17)18)16-15-10/h4-6H,1-3H2,(H,15,16)(H,17,18). The molecule has 0 unspecified atom stereocenters. The Hall–Kier alpha value is -2.17. The summed E-state index contributed by atoms with van der Waals surface area (Å²) < 4.78 is 14.3.